The van der Waals surface area contributed by atoms with Crippen molar-refractivity contribution in [2.24, 2.45) is 0 Å². The molecule has 0 N–H and O–H groups in total. The molecule has 0 aliphatic carbocycles. The number of nitriles is 1. The van der Waals surface area contributed by atoms with Gasteiger partial charge in [0.15, 0.2) is 0 Å². The van der Waals surface area contributed by atoms with Gasteiger partial charge < -0.3 is 9.47 Å². The van der Waals surface area contributed by atoms with Crippen LogP contribution in [0, 0.1) is 11.3 Å². The minimum absolute atomic E-state index is 0.119. The SMILES string of the molecule is N#Cc1ccc(COC(=O)COCc2nc3ccccc3s2)cc1. The van der Waals surface area contributed by atoms with Crippen molar-refractivity contribution in [3.8, 4) is 6.07 Å². The summed E-state index contributed by atoms with van der Waals surface area (Å²) in [4.78, 5) is 16.1. The lowest BCUT2D eigenvalue weighted by Crippen LogP contribution is -2.12. The topological polar surface area (TPSA) is 72.2 Å². The van der Waals surface area contributed by atoms with Crippen molar-refractivity contribution in [3.63, 3.8) is 0 Å². The number of thiazole rings is 1. The first-order valence-corrected chi connectivity index (χ1v) is 8.13. The van der Waals surface area contributed by atoms with Gasteiger partial charge in [0.2, 0.25) is 0 Å². The normalized spacial score (nSPS) is 10.5. The number of esters is 1. The van der Waals surface area contributed by atoms with Gasteiger partial charge in [-0.3, -0.25) is 0 Å². The first-order chi connectivity index (χ1) is 11.7. The van der Waals surface area contributed by atoms with Crippen LogP contribution in [0.3, 0.4) is 0 Å². The zero-order valence-electron chi connectivity index (χ0n) is 12.8. The van der Waals surface area contributed by atoms with E-state index in [-0.39, 0.29) is 19.8 Å². The Bertz CT molecular complexity index is 848. The lowest BCUT2D eigenvalue weighted by Gasteiger charge is -2.05. The van der Waals surface area contributed by atoms with Crippen LogP contribution in [-0.4, -0.2) is 17.6 Å². The summed E-state index contributed by atoms with van der Waals surface area (Å²) in [7, 11) is 0. The molecule has 24 heavy (non-hydrogen) atoms. The number of carbonyl (C=O) groups excluding carboxylic acids is 1. The van der Waals surface area contributed by atoms with Crippen molar-refractivity contribution in [1.82, 2.24) is 4.98 Å². The van der Waals surface area contributed by atoms with E-state index in [0.29, 0.717) is 5.56 Å². The largest absolute Gasteiger partial charge is 0.459 e. The van der Waals surface area contributed by atoms with E-state index in [0.717, 1.165) is 20.8 Å². The van der Waals surface area contributed by atoms with Crippen LogP contribution < -0.4 is 0 Å². The fourth-order valence-electron chi connectivity index (χ4n) is 2.08. The fourth-order valence-corrected chi connectivity index (χ4v) is 2.99. The lowest BCUT2D eigenvalue weighted by molar-refractivity contribution is -0.150. The van der Waals surface area contributed by atoms with Crippen LogP contribution in [-0.2, 0) is 27.5 Å². The Morgan fingerprint density at radius 1 is 1.12 bits per heavy atom. The van der Waals surface area contributed by atoms with Crippen LogP contribution in [0.1, 0.15) is 16.1 Å². The van der Waals surface area contributed by atoms with E-state index in [1.807, 2.05) is 30.3 Å². The third kappa shape index (κ3) is 4.16. The molecule has 0 aliphatic heterocycles. The Kier molecular flexibility index (Phi) is 5.16. The minimum atomic E-state index is -0.430. The van der Waals surface area contributed by atoms with Gasteiger partial charge in [0, 0.05) is 0 Å². The number of benzene rings is 2. The van der Waals surface area contributed by atoms with Crippen LogP contribution in [0.15, 0.2) is 48.5 Å². The second-order valence-corrected chi connectivity index (χ2v) is 6.15. The summed E-state index contributed by atoms with van der Waals surface area (Å²) in [5, 5.41) is 9.56. The summed E-state index contributed by atoms with van der Waals surface area (Å²) >= 11 is 1.55. The van der Waals surface area contributed by atoms with Crippen molar-refractivity contribution in [2.45, 2.75) is 13.2 Å². The van der Waals surface area contributed by atoms with Crippen LogP contribution in [0.2, 0.25) is 0 Å². The molecule has 0 unspecified atom stereocenters. The van der Waals surface area contributed by atoms with E-state index in [1.165, 1.54) is 0 Å². The molecule has 0 spiro atoms. The van der Waals surface area contributed by atoms with Gasteiger partial charge in [-0.25, -0.2) is 9.78 Å². The number of carbonyl (C=O) groups is 1. The first-order valence-electron chi connectivity index (χ1n) is 7.31. The van der Waals surface area contributed by atoms with E-state index >= 15 is 0 Å². The number of rotatable bonds is 6. The Balaban J connectivity index is 1.42. The smallest absolute Gasteiger partial charge is 0.332 e. The van der Waals surface area contributed by atoms with Gasteiger partial charge >= 0.3 is 5.97 Å². The zero-order valence-corrected chi connectivity index (χ0v) is 13.6. The lowest BCUT2D eigenvalue weighted by atomic mass is 10.2. The van der Waals surface area contributed by atoms with Crippen molar-refractivity contribution < 1.29 is 14.3 Å². The summed E-state index contributed by atoms with van der Waals surface area (Å²) in [5.74, 6) is -0.430. The summed E-state index contributed by atoms with van der Waals surface area (Å²) in [5.41, 5.74) is 2.34. The molecule has 1 heterocycles. The zero-order chi connectivity index (χ0) is 16.8. The van der Waals surface area contributed by atoms with Crippen molar-refractivity contribution in [1.29, 1.82) is 5.26 Å². The van der Waals surface area contributed by atoms with Crippen molar-refractivity contribution in [3.05, 3.63) is 64.7 Å². The van der Waals surface area contributed by atoms with Crippen LogP contribution >= 0.6 is 11.3 Å². The monoisotopic (exact) mass is 338 g/mol. The molecular weight excluding hydrogens is 324 g/mol. The molecule has 0 amide bonds. The average Bonchev–Trinajstić information content (AvgIpc) is 3.03. The van der Waals surface area contributed by atoms with Crippen LogP contribution in [0.5, 0.6) is 0 Å². The molecule has 0 fully saturated rings. The van der Waals surface area contributed by atoms with E-state index < -0.39 is 5.97 Å². The predicted octanol–water partition coefficient (Wildman–Crippen LogP) is 3.43. The quantitative estimate of drug-likeness (QED) is 0.644. The molecule has 0 atom stereocenters. The Morgan fingerprint density at radius 2 is 1.92 bits per heavy atom. The van der Waals surface area contributed by atoms with E-state index in [2.05, 4.69) is 4.98 Å². The van der Waals surface area contributed by atoms with Gasteiger partial charge in [0.25, 0.3) is 0 Å². The molecule has 1 aromatic heterocycles. The maximum absolute atomic E-state index is 11.7. The number of hydrogen-bond donors (Lipinski definition) is 0. The molecule has 0 saturated heterocycles. The Labute approximate surface area is 143 Å². The third-order valence-corrected chi connectivity index (χ3v) is 4.28. The highest BCUT2D eigenvalue weighted by Gasteiger charge is 2.07. The van der Waals surface area contributed by atoms with Crippen LogP contribution in [0.25, 0.3) is 10.2 Å². The molecular formula is C18H14N2O3S. The highest BCUT2D eigenvalue weighted by molar-refractivity contribution is 7.18. The van der Waals surface area contributed by atoms with E-state index in [9.17, 15) is 4.79 Å². The van der Waals surface area contributed by atoms with Gasteiger partial charge in [-0.05, 0) is 29.8 Å². The number of fused-ring (bicyclic) bond motifs is 1. The molecule has 120 valence electrons. The summed E-state index contributed by atoms with van der Waals surface area (Å²) in [6.07, 6.45) is 0. The molecule has 0 radical (unpaired) electrons. The molecule has 0 aliphatic rings. The number of para-hydroxylation sites is 1. The van der Waals surface area contributed by atoms with E-state index in [1.54, 1.807) is 35.6 Å². The molecule has 2 aromatic carbocycles. The average molecular weight is 338 g/mol. The molecule has 0 saturated carbocycles. The molecule has 5 nitrogen and oxygen atoms in total. The summed E-state index contributed by atoms with van der Waals surface area (Å²) < 4.78 is 11.6. The second kappa shape index (κ2) is 7.68. The maximum atomic E-state index is 11.7. The minimum Gasteiger partial charge on any atom is -0.459 e. The molecule has 0 bridgehead atoms. The maximum Gasteiger partial charge on any atom is 0.332 e. The number of nitrogens with zero attached hydrogens (tertiary/aromatic N) is 2. The van der Waals surface area contributed by atoms with Gasteiger partial charge in [-0.15, -0.1) is 11.3 Å². The standard InChI is InChI=1S/C18H14N2O3S/c19-9-13-5-7-14(8-6-13)10-23-18(21)12-22-11-17-20-15-3-1-2-4-16(15)24-17/h1-8H,10-12H2. The van der Waals surface area contributed by atoms with Gasteiger partial charge in [0.1, 0.15) is 18.2 Å². The Hall–Kier alpha value is -2.75. The van der Waals surface area contributed by atoms with Crippen LogP contribution in [0.4, 0.5) is 0 Å². The second-order valence-electron chi connectivity index (χ2n) is 5.04. The van der Waals surface area contributed by atoms with Gasteiger partial charge in [0.05, 0.1) is 28.5 Å². The molecule has 3 aromatic rings. The summed E-state index contributed by atoms with van der Waals surface area (Å²) in [6, 6.07) is 16.8. The first kappa shape index (κ1) is 16.1. The molecule has 6 heteroatoms. The third-order valence-electron chi connectivity index (χ3n) is 3.27. The number of hydrogen-bond acceptors (Lipinski definition) is 6. The highest BCUT2D eigenvalue weighted by Crippen LogP contribution is 2.21. The van der Waals surface area contributed by atoms with Gasteiger partial charge in [-0.1, -0.05) is 24.3 Å². The number of ether oxygens (including phenoxy) is 2. The van der Waals surface area contributed by atoms with Crippen molar-refractivity contribution in [2.75, 3.05) is 6.61 Å². The highest BCUT2D eigenvalue weighted by atomic mass is 32.1. The fraction of sp³-hybridized carbons (Fsp3) is 0.167. The molecule has 3 rings (SSSR count). The number of aromatic nitrogens is 1. The van der Waals surface area contributed by atoms with E-state index in [4.69, 9.17) is 14.7 Å². The predicted molar refractivity (Wildman–Crippen MR) is 90.2 cm³/mol. The summed E-state index contributed by atoms with van der Waals surface area (Å²) in [6.45, 7) is 0.326. The Morgan fingerprint density at radius 3 is 2.67 bits per heavy atom. The van der Waals surface area contributed by atoms with Crippen molar-refractivity contribution >= 4 is 27.5 Å². The van der Waals surface area contributed by atoms with Gasteiger partial charge in [-0.2, -0.15) is 5.26 Å².